The standard InChI is InChI=1S/C12H20O/c1-7(2)12-8-3-10-5-9(12)6-11(4-8)13-10/h7-12H,3-6H2,1-2H3. The first-order valence-electron chi connectivity index (χ1n) is 5.89. The van der Waals surface area contributed by atoms with E-state index in [2.05, 4.69) is 13.8 Å². The summed E-state index contributed by atoms with van der Waals surface area (Å²) in [5.74, 6) is 3.94. The van der Waals surface area contributed by atoms with Crippen molar-refractivity contribution in [3.8, 4) is 0 Å². The van der Waals surface area contributed by atoms with E-state index in [0.29, 0.717) is 12.2 Å². The van der Waals surface area contributed by atoms with Crippen molar-refractivity contribution in [2.75, 3.05) is 0 Å². The first-order chi connectivity index (χ1) is 6.24. The second-order valence-electron chi connectivity index (χ2n) is 5.66. The fourth-order valence-electron chi connectivity index (χ4n) is 4.33. The molecule has 0 spiro atoms. The first-order valence-corrected chi connectivity index (χ1v) is 5.89. The minimum Gasteiger partial charge on any atom is -0.375 e. The van der Waals surface area contributed by atoms with Crippen molar-refractivity contribution in [2.45, 2.75) is 51.7 Å². The Morgan fingerprint density at radius 1 is 0.923 bits per heavy atom. The molecule has 0 N–H and O–H groups in total. The molecule has 0 aromatic heterocycles. The van der Waals surface area contributed by atoms with Gasteiger partial charge in [-0.1, -0.05) is 13.8 Å². The maximum atomic E-state index is 5.95. The molecule has 0 aromatic rings. The van der Waals surface area contributed by atoms with Crippen molar-refractivity contribution in [1.82, 2.24) is 0 Å². The van der Waals surface area contributed by atoms with Crippen LogP contribution in [0.1, 0.15) is 39.5 Å². The van der Waals surface area contributed by atoms with Crippen LogP contribution < -0.4 is 0 Å². The summed E-state index contributed by atoms with van der Waals surface area (Å²) in [5.41, 5.74) is 0. The molecule has 2 aliphatic heterocycles. The highest BCUT2D eigenvalue weighted by Gasteiger charge is 2.49. The molecule has 0 radical (unpaired) electrons. The van der Waals surface area contributed by atoms with Crippen molar-refractivity contribution in [3.63, 3.8) is 0 Å². The molecular weight excluding hydrogens is 160 g/mol. The number of rotatable bonds is 1. The second kappa shape index (κ2) is 2.73. The summed E-state index contributed by atoms with van der Waals surface area (Å²) in [6, 6.07) is 0. The average Bonchev–Trinajstić information content (AvgIpc) is 2.00. The normalized spacial score (nSPS) is 53.3. The Labute approximate surface area is 80.8 Å². The molecule has 2 saturated carbocycles. The van der Waals surface area contributed by atoms with Crippen LogP contribution in [0.15, 0.2) is 0 Å². The largest absolute Gasteiger partial charge is 0.375 e. The molecule has 1 heteroatoms. The Morgan fingerprint density at radius 3 is 1.77 bits per heavy atom. The molecule has 0 atom stereocenters. The molecule has 0 unspecified atom stereocenters. The number of ether oxygens (including phenoxy) is 1. The zero-order chi connectivity index (χ0) is 9.00. The Hall–Kier alpha value is -0.0400. The average molecular weight is 180 g/mol. The minimum atomic E-state index is 0.650. The van der Waals surface area contributed by atoms with Crippen LogP contribution >= 0.6 is 0 Å². The molecule has 0 aromatic carbocycles. The minimum absolute atomic E-state index is 0.650. The van der Waals surface area contributed by atoms with Gasteiger partial charge in [-0.25, -0.2) is 0 Å². The van der Waals surface area contributed by atoms with Crippen molar-refractivity contribution in [1.29, 1.82) is 0 Å². The first kappa shape index (κ1) is 8.28. The van der Waals surface area contributed by atoms with Crippen molar-refractivity contribution >= 4 is 0 Å². The molecule has 4 aliphatic rings. The van der Waals surface area contributed by atoms with E-state index in [1.54, 1.807) is 0 Å². The van der Waals surface area contributed by atoms with Crippen LogP contribution in [0.2, 0.25) is 0 Å². The monoisotopic (exact) mass is 180 g/mol. The third-order valence-electron chi connectivity index (χ3n) is 4.51. The van der Waals surface area contributed by atoms with E-state index in [-0.39, 0.29) is 0 Å². The van der Waals surface area contributed by atoms with E-state index >= 15 is 0 Å². The Morgan fingerprint density at radius 2 is 1.38 bits per heavy atom. The predicted molar refractivity (Wildman–Crippen MR) is 52.4 cm³/mol. The van der Waals surface area contributed by atoms with Crippen LogP contribution in [0.25, 0.3) is 0 Å². The highest BCUT2D eigenvalue weighted by molar-refractivity contribution is 4.98. The summed E-state index contributed by atoms with van der Waals surface area (Å²) in [4.78, 5) is 0. The molecule has 4 fully saturated rings. The molecule has 2 heterocycles. The number of hydrogen-bond acceptors (Lipinski definition) is 1. The molecule has 4 rings (SSSR count). The Balaban J connectivity index is 1.85. The zero-order valence-electron chi connectivity index (χ0n) is 8.70. The lowest BCUT2D eigenvalue weighted by Crippen LogP contribution is -2.52. The van der Waals surface area contributed by atoms with Crippen molar-refractivity contribution < 1.29 is 4.74 Å². The van der Waals surface area contributed by atoms with Crippen LogP contribution in [0.4, 0.5) is 0 Å². The van der Waals surface area contributed by atoms with E-state index in [9.17, 15) is 0 Å². The Kier molecular flexibility index (Phi) is 1.74. The molecule has 74 valence electrons. The lowest BCUT2D eigenvalue weighted by atomic mass is 9.58. The van der Waals surface area contributed by atoms with E-state index in [1.807, 2.05) is 0 Å². The van der Waals surface area contributed by atoms with Gasteiger partial charge < -0.3 is 4.74 Å². The fraction of sp³-hybridized carbons (Fsp3) is 1.00. The molecule has 2 saturated heterocycles. The zero-order valence-corrected chi connectivity index (χ0v) is 8.70. The van der Waals surface area contributed by atoms with Crippen molar-refractivity contribution in [2.24, 2.45) is 23.7 Å². The maximum Gasteiger partial charge on any atom is 0.0584 e. The van der Waals surface area contributed by atoms with Gasteiger partial charge in [0.2, 0.25) is 0 Å². The van der Waals surface area contributed by atoms with E-state index < -0.39 is 0 Å². The highest BCUT2D eigenvalue weighted by Crippen LogP contribution is 2.53. The quantitative estimate of drug-likeness (QED) is 0.603. The van der Waals surface area contributed by atoms with Gasteiger partial charge in [0.1, 0.15) is 0 Å². The molecule has 13 heavy (non-hydrogen) atoms. The maximum absolute atomic E-state index is 5.95. The molecule has 4 bridgehead atoms. The van der Waals surface area contributed by atoms with Crippen molar-refractivity contribution in [3.05, 3.63) is 0 Å². The van der Waals surface area contributed by atoms with Gasteiger partial charge in [-0.05, 0) is 49.4 Å². The third-order valence-corrected chi connectivity index (χ3v) is 4.51. The molecular formula is C12H20O. The summed E-state index contributed by atoms with van der Waals surface area (Å²) in [7, 11) is 0. The van der Waals surface area contributed by atoms with Gasteiger partial charge in [-0.3, -0.25) is 0 Å². The summed E-state index contributed by atoms with van der Waals surface area (Å²) in [5, 5.41) is 0. The van der Waals surface area contributed by atoms with Crippen LogP contribution in [0, 0.1) is 23.7 Å². The summed E-state index contributed by atoms with van der Waals surface area (Å²) in [6.45, 7) is 4.82. The fourth-order valence-corrected chi connectivity index (χ4v) is 4.33. The van der Waals surface area contributed by atoms with Gasteiger partial charge in [-0.2, -0.15) is 0 Å². The van der Waals surface area contributed by atoms with E-state index in [0.717, 1.165) is 23.7 Å². The predicted octanol–water partition coefficient (Wildman–Crippen LogP) is 2.85. The van der Waals surface area contributed by atoms with Crippen LogP contribution in [-0.4, -0.2) is 12.2 Å². The topological polar surface area (TPSA) is 9.23 Å². The van der Waals surface area contributed by atoms with Gasteiger partial charge in [-0.15, -0.1) is 0 Å². The molecule has 1 nitrogen and oxygen atoms in total. The SMILES string of the molecule is CC(C)C1C2CC3CC1CC(C2)O3. The molecule has 2 aliphatic carbocycles. The lowest BCUT2D eigenvalue weighted by Gasteiger charge is -2.55. The van der Waals surface area contributed by atoms with Crippen LogP contribution in [-0.2, 0) is 4.74 Å². The smallest absolute Gasteiger partial charge is 0.0584 e. The van der Waals surface area contributed by atoms with Crippen LogP contribution in [0.3, 0.4) is 0 Å². The van der Waals surface area contributed by atoms with Crippen LogP contribution in [0.5, 0.6) is 0 Å². The second-order valence-corrected chi connectivity index (χ2v) is 5.66. The summed E-state index contributed by atoms with van der Waals surface area (Å²) in [6.07, 6.45) is 6.78. The van der Waals surface area contributed by atoms with Gasteiger partial charge in [0.05, 0.1) is 12.2 Å². The van der Waals surface area contributed by atoms with E-state index in [4.69, 9.17) is 4.74 Å². The summed E-state index contributed by atoms with van der Waals surface area (Å²) < 4.78 is 5.95. The number of hydrogen-bond donors (Lipinski definition) is 0. The third kappa shape index (κ3) is 1.16. The van der Waals surface area contributed by atoms with Gasteiger partial charge in [0.25, 0.3) is 0 Å². The van der Waals surface area contributed by atoms with E-state index in [1.165, 1.54) is 25.7 Å². The molecule has 0 amide bonds. The Bertz CT molecular complexity index is 181. The lowest BCUT2D eigenvalue weighted by molar-refractivity contribution is -0.185. The van der Waals surface area contributed by atoms with Gasteiger partial charge >= 0.3 is 0 Å². The summed E-state index contributed by atoms with van der Waals surface area (Å²) >= 11 is 0. The highest BCUT2D eigenvalue weighted by atomic mass is 16.5. The van der Waals surface area contributed by atoms with Gasteiger partial charge in [0, 0.05) is 0 Å². The van der Waals surface area contributed by atoms with Gasteiger partial charge in [0.15, 0.2) is 0 Å².